The molecule has 0 aromatic heterocycles. The topological polar surface area (TPSA) is 92.5 Å². The molecular weight excluding hydrogens is 278 g/mol. The van der Waals surface area contributed by atoms with E-state index in [4.69, 9.17) is 5.14 Å². The van der Waals surface area contributed by atoms with E-state index in [9.17, 15) is 13.2 Å². The molecular formula is C13H21N3O3S. The molecule has 0 heterocycles. The molecule has 6 nitrogen and oxygen atoms in total. The summed E-state index contributed by atoms with van der Waals surface area (Å²) in [7, 11) is -0.485. The Bertz CT molecular complexity index is 616. The first-order chi connectivity index (χ1) is 8.92. The van der Waals surface area contributed by atoms with E-state index in [-0.39, 0.29) is 16.4 Å². The first kappa shape index (κ1) is 16.5. The summed E-state index contributed by atoms with van der Waals surface area (Å²) in [5.74, 6) is -0.340. The number of carbonyl (C=O) groups excluding carboxylic acids is 1. The monoisotopic (exact) mass is 299 g/mol. The molecule has 0 saturated carbocycles. The van der Waals surface area contributed by atoms with Crippen molar-refractivity contribution in [1.29, 1.82) is 0 Å². The van der Waals surface area contributed by atoms with Gasteiger partial charge in [-0.05, 0) is 39.0 Å². The molecule has 0 aliphatic heterocycles. The zero-order valence-electron chi connectivity index (χ0n) is 12.4. The van der Waals surface area contributed by atoms with Gasteiger partial charge in [-0.15, -0.1) is 0 Å². The third-order valence-corrected chi connectivity index (χ3v) is 3.44. The highest BCUT2D eigenvalue weighted by molar-refractivity contribution is 7.89. The lowest BCUT2D eigenvalue weighted by Gasteiger charge is -2.21. The van der Waals surface area contributed by atoms with Gasteiger partial charge in [0.25, 0.3) is 5.91 Å². The molecule has 0 spiro atoms. The molecule has 0 fully saturated rings. The van der Waals surface area contributed by atoms with Crippen molar-refractivity contribution in [3.05, 3.63) is 23.8 Å². The van der Waals surface area contributed by atoms with Crippen LogP contribution in [0.25, 0.3) is 0 Å². The Balaban J connectivity index is 3.31. The van der Waals surface area contributed by atoms with Crippen molar-refractivity contribution in [3.8, 4) is 0 Å². The maximum Gasteiger partial charge on any atom is 0.251 e. The summed E-state index contributed by atoms with van der Waals surface area (Å²) in [6.07, 6.45) is 0. The SMILES string of the molecule is CN(C)c1ccc(C(=O)NC(C)(C)C)cc1S(N)(=O)=O. The first-order valence-electron chi connectivity index (χ1n) is 6.08. The minimum atomic E-state index is -3.90. The average Bonchev–Trinajstić information content (AvgIpc) is 2.24. The molecule has 0 unspecified atom stereocenters. The summed E-state index contributed by atoms with van der Waals surface area (Å²) in [6, 6.07) is 4.44. The van der Waals surface area contributed by atoms with Crippen LogP contribution in [0, 0.1) is 0 Å². The number of nitrogens with one attached hydrogen (secondary N) is 1. The van der Waals surface area contributed by atoms with E-state index in [1.54, 1.807) is 31.1 Å². The van der Waals surface area contributed by atoms with Gasteiger partial charge in [0.1, 0.15) is 4.90 Å². The van der Waals surface area contributed by atoms with Crippen molar-refractivity contribution >= 4 is 21.6 Å². The van der Waals surface area contributed by atoms with E-state index in [0.29, 0.717) is 5.69 Å². The highest BCUT2D eigenvalue weighted by Gasteiger charge is 2.20. The number of nitrogens with zero attached hydrogens (tertiary/aromatic N) is 1. The average molecular weight is 299 g/mol. The van der Waals surface area contributed by atoms with E-state index in [2.05, 4.69) is 5.32 Å². The summed E-state index contributed by atoms with van der Waals surface area (Å²) < 4.78 is 23.3. The van der Waals surface area contributed by atoms with Crippen LogP contribution in [0.1, 0.15) is 31.1 Å². The molecule has 0 bridgehead atoms. The van der Waals surface area contributed by atoms with Crippen LogP contribution in [-0.4, -0.2) is 34.0 Å². The second-order valence-electron chi connectivity index (χ2n) is 5.83. The van der Waals surface area contributed by atoms with Crippen LogP contribution in [0.5, 0.6) is 0 Å². The quantitative estimate of drug-likeness (QED) is 0.868. The summed E-state index contributed by atoms with van der Waals surface area (Å²) in [4.78, 5) is 13.6. The predicted octanol–water partition coefficient (Wildman–Crippen LogP) is 0.928. The van der Waals surface area contributed by atoms with Gasteiger partial charge in [0, 0.05) is 25.2 Å². The van der Waals surface area contributed by atoms with E-state index in [1.165, 1.54) is 6.07 Å². The molecule has 1 aromatic carbocycles. The van der Waals surface area contributed by atoms with Crippen molar-refractivity contribution < 1.29 is 13.2 Å². The summed E-state index contributed by atoms with van der Waals surface area (Å²) in [5.41, 5.74) is 0.299. The number of anilines is 1. The van der Waals surface area contributed by atoms with Crippen molar-refractivity contribution in [1.82, 2.24) is 5.32 Å². The van der Waals surface area contributed by atoms with Crippen molar-refractivity contribution in [2.75, 3.05) is 19.0 Å². The van der Waals surface area contributed by atoms with Crippen molar-refractivity contribution in [2.24, 2.45) is 5.14 Å². The second kappa shape index (κ2) is 5.41. The van der Waals surface area contributed by atoms with Gasteiger partial charge in [-0.3, -0.25) is 4.79 Å². The van der Waals surface area contributed by atoms with E-state index in [1.807, 2.05) is 20.8 Å². The molecule has 0 radical (unpaired) electrons. The summed E-state index contributed by atoms with van der Waals surface area (Å²) >= 11 is 0. The van der Waals surface area contributed by atoms with Gasteiger partial charge in [-0.1, -0.05) is 0 Å². The third-order valence-electron chi connectivity index (χ3n) is 2.50. The maximum absolute atomic E-state index is 12.1. The molecule has 7 heteroatoms. The molecule has 112 valence electrons. The number of rotatable bonds is 3. The lowest BCUT2D eigenvalue weighted by molar-refractivity contribution is 0.0919. The fourth-order valence-corrected chi connectivity index (χ4v) is 2.50. The van der Waals surface area contributed by atoms with Crippen LogP contribution in [-0.2, 0) is 10.0 Å². The van der Waals surface area contributed by atoms with E-state index in [0.717, 1.165) is 0 Å². The molecule has 20 heavy (non-hydrogen) atoms. The van der Waals surface area contributed by atoms with Crippen LogP contribution in [0.2, 0.25) is 0 Å². The van der Waals surface area contributed by atoms with Gasteiger partial charge in [-0.25, -0.2) is 13.6 Å². The molecule has 1 amide bonds. The molecule has 1 rings (SSSR count). The zero-order chi connectivity index (χ0) is 15.7. The smallest absolute Gasteiger partial charge is 0.251 e. The highest BCUT2D eigenvalue weighted by Crippen LogP contribution is 2.24. The maximum atomic E-state index is 12.1. The number of hydrogen-bond donors (Lipinski definition) is 2. The van der Waals surface area contributed by atoms with Gasteiger partial charge in [0.2, 0.25) is 10.0 Å². The lowest BCUT2D eigenvalue weighted by atomic mass is 10.1. The predicted molar refractivity (Wildman–Crippen MR) is 79.4 cm³/mol. The number of primary sulfonamides is 1. The van der Waals surface area contributed by atoms with Crippen LogP contribution in [0.3, 0.4) is 0 Å². The van der Waals surface area contributed by atoms with Crippen LogP contribution in [0.4, 0.5) is 5.69 Å². The summed E-state index contributed by atoms with van der Waals surface area (Å²) in [6.45, 7) is 5.54. The number of benzene rings is 1. The van der Waals surface area contributed by atoms with Crippen LogP contribution < -0.4 is 15.4 Å². The molecule has 0 atom stereocenters. The minimum Gasteiger partial charge on any atom is -0.377 e. The number of carbonyl (C=O) groups is 1. The fraction of sp³-hybridized carbons (Fsp3) is 0.462. The Hall–Kier alpha value is -1.60. The molecule has 0 aliphatic carbocycles. The Morgan fingerprint density at radius 2 is 1.80 bits per heavy atom. The Morgan fingerprint density at radius 1 is 1.25 bits per heavy atom. The Kier molecular flexibility index (Phi) is 4.45. The van der Waals surface area contributed by atoms with Crippen LogP contribution in [0.15, 0.2) is 23.1 Å². The van der Waals surface area contributed by atoms with Crippen molar-refractivity contribution in [2.45, 2.75) is 31.2 Å². The second-order valence-corrected chi connectivity index (χ2v) is 7.36. The largest absolute Gasteiger partial charge is 0.377 e. The highest BCUT2D eigenvalue weighted by atomic mass is 32.2. The molecule has 0 aliphatic rings. The normalized spacial score (nSPS) is 12.1. The van der Waals surface area contributed by atoms with Crippen molar-refractivity contribution in [3.63, 3.8) is 0 Å². The number of hydrogen-bond acceptors (Lipinski definition) is 4. The van der Waals surface area contributed by atoms with Gasteiger partial charge in [0.15, 0.2) is 0 Å². The minimum absolute atomic E-state index is 0.0657. The number of amides is 1. The van der Waals surface area contributed by atoms with Gasteiger partial charge >= 0.3 is 0 Å². The number of sulfonamides is 1. The van der Waals surface area contributed by atoms with E-state index < -0.39 is 15.6 Å². The van der Waals surface area contributed by atoms with Gasteiger partial charge < -0.3 is 10.2 Å². The molecule has 0 saturated heterocycles. The standard InChI is InChI=1S/C13H21N3O3S/c1-13(2,3)15-12(17)9-6-7-10(16(4)5)11(8-9)20(14,18)19/h6-8H,1-5H3,(H,15,17)(H2,14,18,19). The lowest BCUT2D eigenvalue weighted by Crippen LogP contribution is -2.40. The van der Waals surface area contributed by atoms with Gasteiger partial charge in [-0.2, -0.15) is 0 Å². The Labute approximate surface area is 120 Å². The Morgan fingerprint density at radius 3 is 2.20 bits per heavy atom. The molecule has 3 N–H and O–H groups in total. The fourth-order valence-electron chi connectivity index (χ4n) is 1.67. The third kappa shape index (κ3) is 4.21. The summed E-state index contributed by atoms with van der Waals surface area (Å²) in [5, 5.41) is 7.98. The molecule has 1 aromatic rings. The zero-order valence-corrected chi connectivity index (χ0v) is 13.2. The van der Waals surface area contributed by atoms with Gasteiger partial charge in [0.05, 0.1) is 5.69 Å². The first-order valence-corrected chi connectivity index (χ1v) is 7.63. The van der Waals surface area contributed by atoms with E-state index >= 15 is 0 Å². The van der Waals surface area contributed by atoms with Crippen LogP contribution >= 0.6 is 0 Å². The number of nitrogens with two attached hydrogens (primary N) is 1.